The lowest BCUT2D eigenvalue weighted by molar-refractivity contribution is 0.0866. The molecule has 94 valence electrons. The first kappa shape index (κ1) is 12.5. The maximum Gasteiger partial charge on any atom is 0.0888 e. The quantitative estimate of drug-likeness (QED) is 0.821. The molecule has 0 atom stereocenters. The number of hydrogen-bond donors (Lipinski definition) is 1. The van der Waals surface area contributed by atoms with Crippen molar-refractivity contribution >= 4 is 0 Å². The molecule has 0 aromatic carbocycles. The van der Waals surface area contributed by atoms with Crippen LogP contribution in [0.3, 0.4) is 0 Å². The zero-order chi connectivity index (χ0) is 11.9. The van der Waals surface area contributed by atoms with Gasteiger partial charge < -0.3 is 10.1 Å². The third-order valence-corrected chi connectivity index (χ3v) is 3.30. The molecule has 0 saturated heterocycles. The van der Waals surface area contributed by atoms with E-state index in [-0.39, 0.29) is 0 Å². The van der Waals surface area contributed by atoms with E-state index in [4.69, 9.17) is 4.74 Å². The summed E-state index contributed by atoms with van der Waals surface area (Å²) in [6.45, 7) is 2.36. The predicted octanol–water partition coefficient (Wildman–Crippen LogP) is 2.51. The van der Waals surface area contributed by atoms with Crippen LogP contribution < -0.4 is 5.32 Å². The average molecular weight is 234 g/mol. The Balaban J connectivity index is 1.75. The molecule has 2 rings (SSSR count). The number of pyridine rings is 1. The van der Waals surface area contributed by atoms with Crippen LogP contribution in [-0.2, 0) is 17.9 Å². The number of nitrogens with zero attached hydrogens (tertiary/aromatic N) is 1. The largest absolute Gasteiger partial charge is 0.375 e. The van der Waals surface area contributed by atoms with Crippen molar-refractivity contribution in [1.29, 1.82) is 0 Å². The lowest BCUT2D eigenvalue weighted by atomic mass is 10.1. The average Bonchev–Trinajstić information content (AvgIpc) is 2.83. The van der Waals surface area contributed by atoms with Crippen molar-refractivity contribution in [3.63, 3.8) is 0 Å². The molecule has 1 aromatic rings. The van der Waals surface area contributed by atoms with E-state index in [0.29, 0.717) is 6.61 Å². The summed E-state index contributed by atoms with van der Waals surface area (Å²) in [7, 11) is 1.94. The fourth-order valence-electron chi connectivity index (χ4n) is 2.40. The highest BCUT2D eigenvalue weighted by Crippen LogP contribution is 2.24. The smallest absolute Gasteiger partial charge is 0.0888 e. The summed E-state index contributed by atoms with van der Waals surface area (Å²) in [5.74, 6) is 0.787. The summed E-state index contributed by atoms with van der Waals surface area (Å²) in [6, 6.07) is 6.12. The number of nitrogens with one attached hydrogen (secondary N) is 1. The minimum absolute atomic E-state index is 0.647. The summed E-state index contributed by atoms with van der Waals surface area (Å²) in [5, 5.41) is 3.11. The van der Waals surface area contributed by atoms with Crippen LogP contribution in [0, 0.1) is 5.92 Å². The van der Waals surface area contributed by atoms with E-state index < -0.39 is 0 Å². The van der Waals surface area contributed by atoms with Gasteiger partial charge in [-0.2, -0.15) is 0 Å². The van der Waals surface area contributed by atoms with Gasteiger partial charge in [0.2, 0.25) is 0 Å². The molecule has 0 amide bonds. The first-order valence-corrected chi connectivity index (χ1v) is 6.55. The zero-order valence-electron chi connectivity index (χ0n) is 10.6. The zero-order valence-corrected chi connectivity index (χ0v) is 10.6. The summed E-state index contributed by atoms with van der Waals surface area (Å²) < 4.78 is 5.75. The monoisotopic (exact) mass is 234 g/mol. The van der Waals surface area contributed by atoms with E-state index in [0.717, 1.165) is 30.5 Å². The van der Waals surface area contributed by atoms with Crippen molar-refractivity contribution in [2.45, 2.75) is 38.8 Å². The third-order valence-electron chi connectivity index (χ3n) is 3.30. The van der Waals surface area contributed by atoms with E-state index in [2.05, 4.69) is 10.3 Å². The maximum atomic E-state index is 5.75. The van der Waals surface area contributed by atoms with Crippen LogP contribution in [0.15, 0.2) is 18.2 Å². The first-order chi connectivity index (χ1) is 8.38. The van der Waals surface area contributed by atoms with E-state index in [1.807, 2.05) is 25.2 Å². The second-order valence-corrected chi connectivity index (χ2v) is 4.82. The van der Waals surface area contributed by atoms with Crippen molar-refractivity contribution in [3.8, 4) is 0 Å². The topological polar surface area (TPSA) is 34.1 Å². The van der Waals surface area contributed by atoms with Crippen molar-refractivity contribution in [1.82, 2.24) is 10.3 Å². The molecular formula is C14H22N2O. The number of rotatable bonds is 6. The van der Waals surface area contributed by atoms with Crippen LogP contribution in [-0.4, -0.2) is 18.6 Å². The normalized spacial score (nSPS) is 16.5. The third kappa shape index (κ3) is 4.10. The van der Waals surface area contributed by atoms with Crippen LogP contribution in [0.2, 0.25) is 0 Å². The maximum absolute atomic E-state index is 5.75. The Morgan fingerprint density at radius 2 is 2.06 bits per heavy atom. The molecule has 1 saturated carbocycles. The van der Waals surface area contributed by atoms with Crippen LogP contribution in [0.25, 0.3) is 0 Å². The van der Waals surface area contributed by atoms with Crippen molar-refractivity contribution in [3.05, 3.63) is 29.6 Å². The lowest BCUT2D eigenvalue weighted by Crippen LogP contribution is -2.09. The van der Waals surface area contributed by atoms with E-state index in [1.54, 1.807) is 0 Å². The molecule has 3 heteroatoms. The van der Waals surface area contributed by atoms with E-state index >= 15 is 0 Å². The fourth-order valence-corrected chi connectivity index (χ4v) is 2.40. The molecule has 1 aromatic heterocycles. The minimum Gasteiger partial charge on any atom is -0.375 e. The molecule has 3 nitrogen and oxygen atoms in total. The van der Waals surface area contributed by atoms with E-state index in [9.17, 15) is 0 Å². The summed E-state index contributed by atoms with van der Waals surface area (Å²) in [4.78, 5) is 4.54. The van der Waals surface area contributed by atoms with Gasteiger partial charge in [0.1, 0.15) is 0 Å². The second-order valence-electron chi connectivity index (χ2n) is 4.82. The number of aromatic nitrogens is 1. The SMILES string of the molecule is CNCc1cccc(COCC2CCCC2)n1. The summed E-state index contributed by atoms with van der Waals surface area (Å²) >= 11 is 0. The molecule has 0 aliphatic heterocycles. The van der Waals surface area contributed by atoms with Crippen LogP contribution in [0.1, 0.15) is 37.1 Å². The molecular weight excluding hydrogens is 212 g/mol. The Bertz CT molecular complexity index is 335. The van der Waals surface area contributed by atoms with Gasteiger partial charge in [-0.1, -0.05) is 18.9 Å². The standard InChI is InChI=1S/C14H22N2O/c1-15-9-13-7-4-8-14(16-13)11-17-10-12-5-2-3-6-12/h4,7-8,12,15H,2-3,5-6,9-11H2,1H3. The Hall–Kier alpha value is -0.930. The molecule has 1 heterocycles. The highest BCUT2D eigenvalue weighted by atomic mass is 16.5. The molecule has 0 bridgehead atoms. The molecule has 1 aliphatic carbocycles. The fraction of sp³-hybridized carbons (Fsp3) is 0.643. The number of ether oxygens (including phenoxy) is 1. The summed E-state index contributed by atoms with van der Waals surface area (Å²) in [5.41, 5.74) is 2.12. The predicted molar refractivity (Wildman–Crippen MR) is 68.6 cm³/mol. The van der Waals surface area contributed by atoms with Crippen LogP contribution in [0.5, 0.6) is 0 Å². The van der Waals surface area contributed by atoms with Crippen LogP contribution in [0.4, 0.5) is 0 Å². The Morgan fingerprint density at radius 1 is 1.29 bits per heavy atom. The highest BCUT2D eigenvalue weighted by molar-refractivity contribution is 5.10. The lowest BCUT2D eigenvalue weighted by Gasteiger charge is -2.10. The minimum atomic E-state index is 0.647. The van der Waals surface area contributed by atoms with Crippen molar-refractivity contribution in [2.24, 2.45) is 5.92 Å². The summed E-state index contributed by atoms with van der Waals surface area (Å²) in [6.07, 6.45) is 5.44. The Labute approximate surface area is 104 Å². The van der Waals surface area contributed by atoms with Gasteiger partial charge in [-0.05, 0) is 37.9 Å². The Kier molecular flexibility index (Phi) is 4.95. The molecule has 0 radical (unpaired) electrons. The molecule has 17 heavy (non-hydrogen) atoms. The molecule has 1 aliphatic rings. The van der Waals surface area contributed by atoms with Gasteiger partial charge in [-0.15, -0.1) is 0 Å². The van der Waals surface area contributed by atoms with Crippen LogP contribution >= 0.6 is 0 Å². The molecule has 0 unspecified atom stereocenters. The van der Waals surface area contributed by atoms with Crippen molar-refractivity contribution in [2.75, 3.05) is 13.7 Å². The Morgan fingerprint density at radius 3 is 2.82 bits per heavy atom. The first-order valence-electron chi connectivity index (χ1n) is 6.55. The van der Waals surface area contributed by atoms with Gasteiger partial charge in [-0.25, -0.2) is 0 Å². The van der Waals surface area contributed by atoms with Gasteiger partial charge in [0.05, 0.1) is 18.0 Å². The van der Waals surface area contributed by atoms with E-state index in [1.165, 1.54) is 25.7 Å². The van der Waals surface area contributed by atoms with Gasteiger partial charge in [-0.3, -0.25) is 4.98 Å². The van der Waals surface area contributed by atoms with Gasteiger partial charge in [0.15, 0.2) is 0 Å². The van der Waals surface area contributed by atoms with Gasteiger partial charge in [0, 0.05) is 13.2 Å². The molecule has 1 fully saturated rings. The molecule has 1 N–H and O–H groups in total. The second kappa shape index (κ2) is 6.72. The van der Waals surface area contributed by atoms with Gasteiger partial charge in [0.25, 0.3) is 0 Å². The van der Waals surface area contributed by atoms with Crippen molar-refractivity contribution < 1.29 is 4.74 Å². The van der Waals surface area contributed by atoms with Gasteiger partial charge >= 0.3 is 0 Å². The highest BCUT2D eigenvalue weighted by Gasteiger charge is 2.14. The number of hydrogen-bond acceptors (Lipinski definition) is 3. The molecule has 0 spiro atoms.